The Kier molecular flexibility index (Phi) is 3.73. The fourth-order valence-electron chi connectivity index (χ4n) is 1.88. The summed E-state index contributed by atoms with van der Waals surface area (Å²) < 4.78 is 10.5. The molecule has 3 rings (SSSR count). The Bertz CT molecular complexity index is 661. The molecule has 2 aliphatic heterocycles. The minimum atomic E-state index is -0.118. The molecule has 2 aliphatic rings. The highest BCUT2D eigenvalue weighted by atomic mass is 16.7. The smallest absolute Gasteiger partial charge is 0.148 e. The summed E-state index contributed by atoms with van der Waals surface area (Å²) in [6.45, 7) is 0.0412. The summed E-state index contributed by atoms with van der Waals surface area (Å²) in [7, 11) is 0. The lowest BCUT2D eigenvalue weighted by atomic mass is 10.2. The van der Waals surface area contributed by atoms with E-state index in [-0.39, 0.29) is 31.0 Å². The number of aliphatic hydroxyl groups is 1. The molecular weight excluding hydrogens is 252 g/mol. The van der Waals surface area contributed by atoms with Gasteiger partial charge in [-0.1, -0.05) is 30.0 Å². The van der Waals surface area contributed by atoms with Crippen molar-refractivity contribution in [1.29, 1.82) is 0 Å². The molecule has 0 aliphatic carbocycles. The first-order valence-corrected chi connectivity index (χ1v) is 6.37. The van der Waals surface area contributed by atoms with Crippen molar-refractivity contribution in [3.63, 3.8) is 0 Å². The van der Waals surface area contributed by atoms with Crippen molar-refractivity contribution in [2.45, 2.75) is 24.4 Å². The van der Waals surface area contributed by atoms with Crippen LogP contribution in [0.2, 0.25) is 0 Å². The molecule has 2 unspecified atom stereocenters. The highest BCUT2D eigenvalue weighted by Gasteiger charge is 2.56. The molecule has 2 fully saturated rings. The van der Waals surface area contributed by atoms with E-state index >= 15 is 0 Å². The number of epoxide rings is 2. The Morgan fingerprint density at radius 3 is 2.50 bits per heavy atom. The van der Waals surface area contributed by atoms with E-state index in [4.69, 9.17) is 14.6 Å². The van der Waals surface area contributed by atoms with Gasteiger partial charge in [-0.05, 0) is 35.8 Å². The zero-order valence-electron chi connectivity index (χ0n) is 10.7. The van der Waals surface area contributed by atoms with E-state index in [1.165, 1.54) is 0 Å². The summed E-state index contributed by atoms with van der Waals surface area (Å²) in [4.78, 5) is 0. The van der Waals surface area contributed by atoms with Crippen molar-refractivity contribution in [2.75, 3.05) is 6.61 Å². The second-order valence-corrected chi connectivity index (χ2v) is 4.48. The van der Waals surface area contributed by atoms with Crippen LogP contribution in [0.3, 0.4) is 0 Å². The molecule has 0 radical (unpaired) electrons. The lowest BCUT2D eigenvalue weighted by Crippen LogP contribution is -2.07. The highest BCUT2D eigenvalue weighted by Crippen LogP contribution is 2.37. The van der Waals surface area contributed by atoms with Crippen molar-refractivity contribution in [1.82, 2.24) is 0 Å². The van der Waals surface area contributed by atoms with Crippen molar-refractivity contribution >= 4 is 0 Å². The highest BCUT2D eigenvalue weighted by molar-refractivity contribution is 5.43. The fourth-order valence-corrected chi connectivity index (χ4v) is 1.88. The Labute approximate surface area is 117 Å². The van der Waals surface area contributed by atoms with E-state index in [1.807, 2.05) is 30.3 Å². The number of hydrogen-bond acceptors (Lipinski definition) is 3. The van der Waals surface area contributed by atoms with E-state index in [0.29, 0.717) is 0 Å². The van der Waals surface area contributed by atoms with Crippen LogP contribution in [0.1, 0.15) is 5.56 Å². The summed E-state index contributed by atoms with van der Waals surface area (Å²) in [5.74, 6) is 16.7. The zero-order chi connectivity index (χ0) is 13.8. The average molecular weight is 264 g/mol. The Morgan fingerprint density at radius 2 is 1.75 bits per heavy atom. The van der Waals surface area contributed by atoms with Crippen molar-refractivity contribution in [3.8, 4) is 35.5 Å². The summed E-state index contributed by atoms with van der Waals surface area (Å²) in [5, 5.41) is 8.85. The molecule has 1 N–H and O–H groups in total. The van der Waals surface area contributed by atoms with Gasteiger partial charge in [0.1, 0.15) is 24.4 Å². The van der Waals surface area contributed by atoms with Gasteiger partial charge in [-0.3, -0.25) is 0 Å². The van der Waals surface area contributed by atoms with Crippen LogP contribution in [0.4, 0.5) is 0 Å². The van der Waals surface area contributed by atoms with Crippen LogP contribution >= 0.6 is 0 Å². The van der Waals surface area contributed by atoms with Crippen LogP contribution in [0.5, 0.6) is 0 Å². The van der Waals surface area contributed by atoms with Gasteiger partial charge in [-0.25, -0.2) is 0 Å². The molecule has 0 saturated carbocycles. The third kappa shape index (κ3) is 3.21. The number of hydrogen-bond donors (Lipinski definition) is 1. The third-order valence-corrected chi connectivity index (χ3v) is 3.03. The van der Waals surface area contributed by atoms with E-state index in [2.05, 4.69) is 35.5 Å². The third-order valence-electron chi connectivity index (χ3n) is 3.03. The van der Waals surface area contributed by atoms with Gasteiger partial charge in [0.05, 0.1) is 6.61 Å². The first kappa shape index (κ1) is 12.8. The number of ether oxygens (including phenoxy) is 2. The van der Waals surface area contributed by atoms with Crippen molar-refractivity contribution in [2.24, 2.45) is 0 Å². The Hall–Kier alpha value is -2.22. The first-order chi connectivity index (χ1) is 9.88. The molecule has 3 nitrogen and oxygen atoms in total. The fraction of sp³-hybridized carbons (Fsp3) is 0.294. The van der Waals surface area contributed by atoms with Gasteiger partial charge in [0.2, 0.25) is 0 Å². The molecule has 2 saturated heterocycles. The average Bonchev–Trinajstić information content (AvgIpc) is 3.36. The molecule has 1 aromatic carbocycles. The van der Waals surface area contributed by atoms with Crippen LogP contribution in [-0.4, -0.2) is 36.1 Å². The quantitative estimate of drug-likeness (QED) is 0.627. The molecule has 0 spiro atoms. The molecule has 1 aromatic rings. The number of aliphatic hydroxyl groups excluding tert-OH is 1. The topological polar surface area (TPSA) is 45.3 Å². The Morgan fingerprint density at radius 1 is 0.950 bits per heavy atom. The van der Waals surface area contributed by atoms with Crippen molar-refractivity contribution < 1.29 is 14.6 Å². The van der Waals surface area contributed by atoms with Gasteiger partial charge in [-0.15, -0.1) is 0 Å². The number of benzene rings is 1. The summed E-state index contributed by atoms with van der Waals surface area (Å²) in [6, 6.07) is 9.66. The second-order valence-electron chi connectivity index (χ2n) is 4.48. The standard InChI is InChI=1S/C17H12O3/c18-12-15-17(20-15)16-14(19-16)11-7-2-1-4-8-13-9-5-3-6-10-13/h3,5-6,9-10,14-18H,12H2/t14?,15-,16?,17+/m0/s1. The van der Waals surface area contributed by atoms with Crippen LogP contribution in [0.15, 0.2) is 30.3 Å². The maximum atomic E-state index is 8.85. The molecule has 0 amide bonds. The maximum absolute atomic E-state index is 8.85. The van der Waals surface area contributed by atoms with Crippen LogP contribution < -0.4 is 0 Å². The molecule has 4 atom stereocenters. The molecule has 98 valence electrons. The van der Waals surface area contributed by atoms with Gasteiger partial charge in [-0.2, -0.15) is 0 Å². The van der Waals surface area contributed by atoms with Crippen LogP contribution in [0, 0.1) is 35.5 Å². The van der Waals surface area contributed by atoms with Crippen LogP contribution in [0.25, 0.3) is 0 Å². The molecular formula is C17H12O3. The second kappa shape index (κ2) is 5.83. The van der Waals surface area contributed by atoms with Gasteiger partial charge in [0.25, 0.3) is 0 Å². The maximum Gasteiger partial charge on any atom is 0.148 e. The van der Waals surface area contributed by atoms with E-state index in [9.17, 15) is 0 Å². The molecule has 20 heavy (non-hydrogen) atoms. The monoisotopic (exact) mass is 264 g/mol. The molecule has 0 aromatic heterocycles. The predicted molar refractivity (Wildman–Crippen MR) is 73.3 cm³/mol. The van der Waals surface area contributed by atoms with Gasteiger partial charge < -0.3 is 14.6 Å². The predicted octanol–water partition coefficient (Wildman–Crippen LogP) is 0.572. The Balaban J connectivity index is 1.47. The van der Waals surface area contributed by atoms with E-state index < -0.39 is 0 Å². The SMILES string of the molecule is OC[C@@H]1O[C@H]1C1OC1C#CC#CC#Cc1ccccc1. The normalized spacial score (nSPS) is 28.9. The lowest BCUT2D eigenvalue weighted by molar-refractivity contribution is 0.240. The number of rotatable bonds is 2. The first-order valence-electron chi connectivity index (χ1n) is 6.37. The lowest BCUT2D eigenvalue weighted by Gasteiger charge is -1.83. The molecule has 0 bridgehead atoms. The summed E-state index contributed by atoms with van der Waals surface area (Å²) in [5.41, 5.74) is 0.932. The van der Waals surface area contributed by atoms with Gasteiger partial charge >= 0.3 is 0 Å². The van der Waals surface area contributed by atoms with Gasteiger partial charge in [0.15, 0.2) is 0 Å². The summed E-state index contributed by atoms with van der Waals surface area (Å²) >= 11 is 0. The minimum absolute atomic E-state index is 0.00291. The molecule has 2 heterocycles. The minimum Gasteiger partial charge on any atom is -0.394 e. The van der Waals surface area contributed by atoms with E-state index in [1.54, 1.807) is 0 Å². The summed E-state index contributed by atoms with van der Waals surface area (Å²) in [6.07, 6.45) is -0.190. The van der Waals surface area contributed by atoms with Crippen LogP contribution in [-0.2, 0) is 9.47 Å². The van der Waals surface area contributed by atoms with E-state index in [0.717, 1.165) is 5.56 Å². The van der Waals surface area contributed by atoms with Gasteiger partial charge in [0, 0.05) is 5.56 Å². The largest absolute Gasteiger partial charge is 0.394 e. The zero-order valence-corrected chi connectivity index (χ0v) is 10.7. The molecule has 3 heteroatoms. The van der Waals surface area contributed by atoms with Crippen molar-refractivity contribution in [3.05, 3.63) is 35.9 Å².